The van der Waals surface area contributed by atoms with E-state index < -0.39 is 17.1 Å². The molecule has 1 saturated carbocycles. The van der Waals surface area contributed by atoms with E-state index in [1.807, 2.05) is 0 Å². The van der Waals surface area contributed by atoms with E-state index in [0.717, 1.165) is 0 Å². The molecule has 2 unspecified atom stereocenters. The van der Waals surface area contributed by atoms with Gasteiger partial charge in [0.2, 0.25) is 0 Å². The van der Waals surface area contributed by atoms with Crippen molar-refractivity contribution in [1.82, 2.24) is 0 Å². The van der Waals surface area contributed by atoms with Crippen LogP contribution in [-0.2, 0) is 14.3 Å². The van der Waals surface area contributed by atoms with Crippen LogP contribution in [0.5, 0.6) is 0 Å². The van der Waals surface area contributed by atoms with Gasteiger partial charge in [-0.25, -0.2) is 4.39 Å². The zero-order valence-electron chi connectivity index (χ0n) is 6.39. The van der Waals surface area contributed by atoms with Crippen molar-refractivity contribution < 1.29 is 18.7 Å². The Hall–Kier alpha value is -0.930. The second-order valence-electron chi connectivity index (χ2n) is 2.98. The summed E-state index contributed by atoms with van der Waals surface area (Å²) in [5.74, 6) is -0.660. The molecular weight excluding hydrogens is 151 g/mol. The van der Waals surface area contributed by atoms with E-state index in [1.54, 1.807) is 0 Å². The van der Waals surface area contributed by atoms with Gasteiger partial charge in [0.15, 0.2) is 12.0 Å². The Balaban J connectivity index is 2.76. The highest BCUT2D eigenvalue weighted by atomic mass is 19.1. The van der Waals surface area contributed by atoms with Crippen LogP contribution in [0.1, 0.15) is 13.3 Å². The molecule has 62 valence electrons. The van der Waals surface area contributed by atoms with Crippen molar-refractivity contribution in [2.24, 2.45) is 5.41 Å². The highest BCUT2D eigenvalue weighted by Gasteiger charge is 2.72. The number of ether oxygens (including phenoxy) is 1. The number of esters is 1. The minimum Gasteiger partial charge on any atom is -0.468 e. The van der Waals surface area contributed by atoms with Crippen LogP contribution in [0.15, 0.2) is 0 Å². The lowest BCUT2D eigenvalue weighted by molar-refractivity contribution is -0.149. The maximum atomic E-state index is 13.0. The first-order chi connectivity index (χ1) is 5.00. The van der Waals surface area contributed by atoms with E-state index in [-0.39, 0.29) is 12.7 Å². The van der Waals surface area contributed by atoms with Gasteiger partial charge in [-0.2, -0.15) is 0 Å². The summed E-state index contributed by atoms with van der Waals surface area (Å²) in [6.07, 6.45) is 0.111. The Labute approximate surface area is 63.5 Å². The lowest BCUT2D eigenvalue weighted by atomic mass is 10.1. The second-order valence-corrected chi connectivity index (χ2v) is 2.98. The van der Waals surface area contributed by atoms with Crippen LogP contribution in [0.25, 0.3) is 0 Å². The number of rotatable bonds is 2. The highest BCUT2D eigenvalue weighted by Crippen LogP contribution is 2.58. The van der Waals surface area contributed by atoms with Crippen molar-refractivity contribution in [2.75, 3.05) is 7.11 Å². The molecule has 0 aromatic heterocycles. The lowest BCUT2D eigenvalue weighted by Gasteiger charge is -2.06. The van der Waals surface area contributed by atoms with Crippen molar-refractivity contribution in [2.45, 2.75) is 19.0 Å². The molecule has 1 aliphatic rings. The largest absolute Gasteiger partial charge is 0.468 e. The summed E-state index contributed by atoms with van der Waals surface area (Å²) < 4.78 is 17.4. The normalized spacial score (nSPS) is 41.4. The van der Waals surface area contributed by atoms with E-state index in [0.29, 0.717) is 0 Å². The van der Waals surface area contributed by atoms with Crippen LogP contribution in [0, 0.1) is 5.41 Å². The van der Waals surface area contributed by atoms with Crippen molar-refractivity contribution >= 4 is 12.3 Å². The standard InChI is InChI=1S/C7H9FO3/c1-6(5(10)11-2)3-7(6,8)4-9/h4H,3H2,1-2H3. The molecular formula is C7H9FO3. The van der Waals surface area contributed by atoms with Gasteiger partial charge in [0, 0.05) is 6.42 Å². The molecule has 1 fully saturated rings. The first-order valence-electron chi connectivity index (χ1n) is 3.24. The molecule has 4 heteroatoms. The van der Waals surface area contributed by atoms with E-state index in [4.69, 9.17) is 0 Å². The molecule has 0 N–H and O–H groups in total. The molecule has 1 rings (SSSR count). The maximum absolute atomic E-state index is 13.0. The lowest BCUT2D eigenvalue weighted by Crippen LogP contribution is -2.24. The Kier molecular flexibility index (Phi) is 1.51. The van der Waals surface area contributed by atoms with Crippen molar-refractivity contribution in [3.05, 3.63) is 0 Å². The minimum absolute atomic E-state index is 0.0594. The van der Waals surface area contributed by atoms with E-state index in [2.05, 4.69) is 4.74 Å². The fourth-order valence-corrected chi connectivity index (χ4v) is 1.11. The minimum atomic E-state index is -1.99. The molecule has 0 aromatic rings. The van der Waals surface area contributed by atoms with Gasteiger partial charge in [0.05, 0.1) is 7.11 Å². The van der Waals surface area contributed by atoms with Crippen molar-refractivity contribution in [3.8, 4) is 0 Å². The molecule has 0 aliphatic heterocycles. The predicted octanol–water partition coefficient (Wildman–Crippen LogP) is 0.477. The smallest absolute Gasteiger partial charge is 0.315 e. The molecule has 2 atom stereocenters. The average Bonchev–Trinajstić information content (AvgIpc) is 2.56. The van der Waals surface area contributed by atoms with Gasteiger partial charge in [-0.05, 0) is 6.92 Å². The molecule has 1 aliphatic carbocycles. The Morgan fingerprint density at radius 1 is 1.73 bits per heavy atom. The van der Waals surface area contributed by atoms with Crippen LogP contribution >= 0.6 is 0 Å². The number of carbonyl (C=O) groups is 2. The Morgan fingerprint density at radius 2 is 2.27 bits per heavy atom. The quantitative estimate of drug-likeness (QED) is 0.435. The molecule has 3 nitrogen and oxygen atoms in total. The first kappa shape index (κ1) is 8.17. The van der Waals surface area contributed by atoms with Crippen LogP contribution in [0.4, 0.5) is 4.39 Å². The van der Waals surface area contributed by atoms with E-state index in [9.17, 15) is 14.0 Å². The summed E-state index contributed by atoms with van der Waals surface area (Å²) in [5, 5.41) is 0. The molecule has 0 bridgehead atoms. The van der Waals surface area contributed by atoms with Crippen molar-refractivity contribution in [1.29, 1.82) is 0 Å². The third kappa shape index (κ3) is 0.852. The van der Waals surface area contributed by atoms with Gasteiger partial charge < -0.3 is 4.74 Å². The molecule has 0 saturated heterocycles. The number of halogens is 1. The molecule has 0 amide bonds. The third-order valence-corrected chi connectivity index (χ3v) is 2.23. The van der Waals surface area contributed by atoms with Gasteiger partial charge in [-0.3, -0.25) is 9.59 Å². The zero-order valence-corrected chi connectivity index (χ0v) is 6.39. The fraction of sp³-hybridized carbons (Fsp3) is 0.714. The number of carbonyl (C=O) groups excluding carboxylic acids is 2. The maximum Gasteiger partial charge on any atom is 0.315 e. The number of alkyl halides is 1. The summed E-state index contributed by atoms with van der Waals surface area (Å²) in [7, 11) is 1.18. The van der Waals surface area contributed by atoms with Crippen LogP contribution in [0.2, 0.25) is 0 Å². The van der Waals surface area contributed by atoms with Crippen molar-refractivity contribution in [3.63, 3.8) is 0 Å². The summed E-state index contributed by atoms with van der Waals surface area (Å²) in [6, 6.07) is 0. The predicted molar refractivity (Wildman–Crippen MR) is 34.6 cm³/mol. The summed E-state index contributed by atoms with van der Waals surface area (Å²) in [6.45, 7) is 1.38. The average molecular weight is 160 g/mol. The number of methoxy groups -OCH3 is 1. The fourth-order valence-electron chi connectivity index (χ4n) is 1.11. The van der Waals surface area contributed by atoms with Gasteiger partial charge in [0.25, 0.3) is 0 Å². The second kappa shape index (κ2) is 2.03. The molecule has 0 aromatic carbocycles. The van der Waals surface area contributed by atoms with Gasteiger partial charge in [-0.1, -0.05) is 0 Å². The molecule has 0 spiro atoms. The Morgan fingerprint density at radius 3 is 2.55 bits per heavy atom. The Bertz CT molecular complexity index is 216. The third-order valence-electron chi connectivity index (χ3n) is 2.23. The topological polar surface area (TPSA) is 43.4 Å². The van der Waals surface area contributed by atoms with Crippen LogP contribution < -0.4 is 0 Å². The number of aldehydes is 1. The molecule has 0 heterocycles. The number of hydrogen-bond acceptors (Lipinski definition) is 3. The van der Waals surface area contributed by atoms with Gasteiger partial charge in [-0.15, -0.1) is 0 Å². The molecule has 0 radical (unpaired) electrons. The highest BCUT2D eigenvalue weighted by molar-refractivity contribution is 5.90. The number of hydrogen-bond donors (Lipinski definition) is 0. The van der Waals surface area contributed by atoms with Crippen LogP contribution in [-0.4, -0.2) is 25.0 Å². The zero-order chi connectivity index (χ0) is 8.70. The van der Waals surface area contributed by atoms with Crippen LogP contribution in [0.3, 0.4) is 0 Å². The van der Waals surface area contributed by atoms with Gasteiger partial charge in [0.1, 0.15) is 5.41 Å². The summed E-state index contributed by atoms with van der Waals surface area (Å²) in [4.78, 5) is 21.0. The van der Waals surface area contributed by atoms with E-state index in [1.165, 1.54) is 14.0 Å². The monoisotopic (exact) mass is 160 g/mol. The molecule has 11 heavy (non-hydrogen) atoms. The first-order valence-corrected chi connectivity index (χ1v) is 3.24. The van der Waals surface area contributed by atoms with E-state index >= 15 is 0 Å². The SMILES string of the molecule is COC(=O)C1(C)CC1(F)C=O. The summed E-state index contributed by atoms with van der Waals surface area (Å²) >= 11 is 0. The van der Waals surface area contributed by atoms with Gasteiger partial charge >= 0.3 is 5.97 Å². The summed E-state index contributed by atoms with van der Waals surface area (Å²) in [5.41, 5.74) is -3.22.